The molecule has 1 unspecified atom stereocenters. The number of likely N-dealkylation sites (N-methyl/N-ethyl adjacent to an activating group) is 1. The van der Waals surface area contributed by atoms with Gasteiger partial charge in [-0.1, -0.05) is 18.2 Å². The van der Waals surface area contributed by atoms with Crippen molar-refractivity contribution in [2.75, 3.05) is 33.2 Å². The topological polar surface area (TPSA) is 88.7 Å². The number of H-pyrrole nitrogens is 1. The molecule has 0 radical (unpaired) electrons. The average molecular weight is 386 g/mol. The fourth-order valence-corrected chi connectivity index (χ4v) is 4.03. The van der Waals surface area contributed by atoms with E-state index in [-0.39, 0.29) is 24.5 Å². The molecule has 7 heteroatoms. The fraction of sp³-hybridized carbons (Fsp3) is 0.524. The van der Waals surface area contributed by atoms with Crippen molar-refractivity contribution in [3.63, 3.8) is 0 Å². The van der Waals surface area contributed by atoms with E-state index >= 15 is 0 Å². The summed E-state index contributed by atoms with van der Waals surface area (Å²) < 4.78 is 0. The molecule has 2 heterocycles. The lowest BCUT2D eigenvalue weighted by molar-refractivity contribution is -0.138. The molecule has 3 rings (SSSR count). The van der Waals surface area contributed by atoms with Gasteiger partial charge in [-0.25, -0.2) is 0 Å². The molecule has 0 spiro atoms. The summed E-state index contributed by atoms with van der Waals surface area (Å²) in [7, 11) is 1.86. The monoisotopic (exact) mass is 386 g/mol. The van der Waals surface area contributed by atoms with Crippen LogP contribution in [0.15, 0.2) is 30.5 Å². The van der Waals surface area contributed by atoms with Crippen molar-refractivity contribution in [3.8, 4) is 0 Å². The smallest absolute Gasteiger partial charge is 0.317 e. The lowest BCUT2D eigenvalue weighted by Gasteiger charge is -2.38. The Morgan fingerprint density at radius 2 is 2.04 bits per heavy atom. The van der Waals surface area contributed by atoms with E-state index in [0.29, 0.717) is 6.54 Å². The number of aromatic nitrogens is 1. The van der Waals surface area contributed by atoms with Crippen molar-refractivity contribution in [3.05, 3.63) is 36.0 Å². The fourth-order valence-electron chi connectivity index (χ4n) is 4.03. The second-order valence-electron chi connectivity index (χ2n) is 7.65. The predicted octanol–water partition coefficient (Wildman–Crippen LogP) is 1.70. The highest BCUT2D eigenvalue weighted by molar-refractivity contribution is 5.83. The minimum absolute atomic E-state index is 0.0529. The third-order valence-electron chi connectivity index (χ3n) is 5.80. The number of aromatic amines is 1. The first kappa shape index (κ1) is 20.4. The summed E-state index contributed by atoms with van der Waals surface area (Å²) in [5, 5.41) is 13.2. The zero-order chi connectivity index (χ0) is 20.1. The van der Waals surface area contributed by atoms with Crippen LogP contribution in [0.4, 0.5) is 0 Å². The third kappa shape index (κ3) is 4.91. The van der Waals surface area contributed by atoms with E-state index in [1.165, 1.54) is 10.9 Å². The van der Waals surface area contributed by atoms with Crippen molar-refractivity contribution in [1.29, 1.82) is 0 Å². The number of rotatable bonds is 8. The summed E-state index contributed by atoms with van der Waals surface area (Å²) in [6, 6.07) is 8.28. The van der Waals surface area contributed by atoms with E-state index in [1.807, 2.05) is 37.2 Å². The van der Waals surface area contributed by atoms with E-state index in [1.54, 1.807) is 0 Å². The van der Waals surface area contributed by atoms with Crippen molar-refractivity contribution in [1.82, 2.24) is 20.1 Å². The van der Waals surface area contributed by atoms with Gasteiger partial charge in [0.1, 0.15) is 0 Å². The van der Waals surface area contributed by atoms with Crippen LogP contribution in [-0.4, -0.2) is 77.1 Å². The second-order valence-corrected chi connectivity index (χ2v) is 7.65. The van der Waals surface area contributed by atoms with Crippen molar-refractivity contribution < 1.29 is 14.7 Å². The average Bonchev–Trinajstić information content (AvgIpc) is 3.10. The number of carboxylic acid groups (broad SMARTS) is 1. The van der Waals surface area contributed by atoms with Crippen LogP contribution in [0, 0.1) is 0 Å². The van der Waals surface area contributed by atoms with Crippen LogP contribution in [0.3, 0.4) is 0 Å². The molecule has 152 valence electrons. The molecule has 0 bridgehead atoms. The van der Waals surface area contributed by atoms with Crippen LogP contribution in [-0.2, 0) is 16.0 Å². The number of nitrogens with one attached hydrogen (secondary N) is 2. The van der Waals surface area contributed by atoms with Gasteiger partial charge < -0.3 is 15.4 Å². The first-order valence-corrected chi connectivity index (χ1v) is 9.94. The SMILES string of the molecule is CC(C(=O)NCCc1c[nH]c2ccccc12)N1CCC(N(C)CC(=O)O)CC1. The number of carbonyl (C=O) groups is 2. The molecule has 1 aromatic carbocycles. The van der Waals surface area contributed by atoms with Gasteiger partial charge in [0.25, 0.3) is 0 Å². The Labute approximate surface area is 165 Å². The van der Waals surface area contributed by atoms with Crippen LogP contribution >= 0.6 is 0 Å². The van der Waals surface area contributed by atoms with Gasteiger partial charge in [0, 0.05) is 42.8 Å². The van der Waals surface area contributed by atoms with Gasteiger partial charge in [-0.05, 0) is 44.9 Å². The predicted molar refractivity (Wildman–Crippen MR) is 109 cm³/mol. The van der Waals surface area contributed by atoms with E-state index in [4.69, 9.17) is 5.11 Å². The summed E-state index contributed by atoms with van der Waals surface area (Å²) in [6.45, 7) is 4.25. The normalized spacial score (nSPS) is 17.1. The first-order valence-electron chi connectivity index (χ1n) is 9.94. The highest BCUT2D eigenvalue weighted by Gasteiger charge is 2.28. The molecule has 1 aromatic heterocycles. The highest BCUT2D eigenvalue weighted by Crippen LogP contribution is 2.19. The second kappa shape index (κ2) is 9.21. The highest BCUT2D eigenvalue weighted by atomic mass is 16.4. The molecule has 2 aromatic rings. The quantitative estimate of drug-likeness (QED) is 0.643. The van der Waals surface area contributed by atoms with Crippen molar-refractivity contribution in [2.24, 2.45) is 0 Å². The maximum absolute atomic E-state index is 12.5. The molecular formula is C21H30N4O3. The summed E-state index contributed by atoms with van der Waals surface area (Å²) >= 11 is 0. The number of benzene rings is 1. The Morgan fingerprint density at radius 3 is 2.75 bits per heavy atom. The molecule has 3 N–H and O–H groups in total. The lowest BCUT2D eigenvalue weighted by Crippen LogP contribution is -2.51. The van der Waals surface area contributed by atoms with Gasteiger partial charge in [0.05, 0.1) is 12.6 Å². The molecule has 7 nitrogen and oxygen atoms in total. The Bertz CT molecular complexity index is 811. The number of nitrogens with zero attached hydrogens (tertiary/aromatic N) is 2. The standard InChI is InChI=1S/C21H30N4O3/c1-15(25-11-8-17(9-12-25)24(2)14-20(26)27)21(28)22-10-7-16-13-23-19-6-4-3-5-18(16)19/h3-6,13,15,17,23H,7-12,14H2,1-2H3,(H,22,28)(H,26,27). The van der Waals surface area contributed by atoms with Crippen LogP contribution in [0.5, 0.6) is 0 Å². The molecular weight excluding hydrogens is 356 g/mol. The molecule has 1 fully saturated rings. The summed E-state index contributed by atoms with van der Waals surface area (Å²) in [4.78, 5) is 30.8. The molecule has 1 saturated heterocycles. The summed E-state index contributed by atoms with van der Waals surface area (Å²) in [5.41, 5.74) is 2.33. The minimum atomic E-state index is -0.798. The summed E-state index contributed by atoms with van der Waals surface area (Å²) in [5.74, 6) is -0.745. The Morgan fingerprint density at radius 1 is 1.32 bits per heavy atom. The number of fused-ring (bicyclic) bond motifs is 1. The van der Waals surface area contributed by atoms with Crippen molar-refractivity contribution in [2.45, 2.75) is 38.3 Å². The maximum Gasteiger partial charge on any atom is 0.317 e. The number of para-hydroxylation sites is 1. The largest absolute Gasteiger partial charge is 0.480 e. The van der Waals surface area contributed by atoms with Gasteiger partial charge in [-0.3, -0.25) is 19.4 Å². The number of hydrogen-bond donors (Lipinski definition) is 3. The Balaban J connectivity index is 1.43. The Kier molecular flexibility index (Phi) is 6.70. The molecule has 1 atom stereocenters. The van der Waals surface area contributed by atoms with Crippen LogP contribution < -0.4 is 5.32 Å². The first-order chi connectivity index (χ1) is 13.5. The van der Waals surface area contributed by atoms with Gasteiger partial charge in [-0.15, -0.1) is 0 Å². The van der Waals surface area contributed by atoms with E-state index in [2.05, 4.69) is 27.3 Å². The zero-order valence-electron chi connectivity index (χ0n) is 16.6. The van der Waals surface area contributed by atoms with E-state index in [0.717, 1.165) is 37.9 Å². The number of hydrogen-bond acceptors (Lipinski definition) is 4. The van der Waals surface area contributed by atoms with Gasteiger partial charge in [-0.2, -0.15) is 0 Å². The molecule has 0 aliphatic carbocycles. The van der Waals surface area contributed by atoms with Gasteiger partial charge >= 0.3 is 5.97 Å². The number of aliphatic carboxylic acids is 1. The lowest BCUT2D eigenvalue weighted by atomic mass is 10.0. The number of carbonyl (C=O) groups excluding carboxylic acids is 1. The minimum Gasteiger partial charge on any atom is -0.480 e. The van der Waals surface area contributed by atoms with Gasteiger partial charge in [0.15, 0.2) is 0 Å². The van der Waals surface area contributed by atoms with Crippen LogP contribution in [0.1, 0.15) is 25.3 Å². The number of piperidine rings is 1. The third-order valence-corrected chi connectivity index (χ3v) is 5.80. The maximum atomic E-state index is 12.5. The van der Waals surface area contributed by atoms with E-state index < -0.39 is 5.97 Å². The number of carboxylic acids is 1. The van der Waals surface area contributed by atoms with Gasteiger partial charge in [0.2, 0.25) is 5.91 Å². The molecule has 1 aliphatic rings. The molecule has 0 saturated carbocycles. The molecule has 28 heavy (non-hydrogen) atoms. The molecule has 1 aliphatic heterocycles. The van der Waals surface area contributed by atoms with Crippen molar-refractivity contribution >= 4 is 22.8 Å². The number of amides is 1. The van der Waals surface area contributed by atoms with Crippen LogP contribution in [0.25, 0.3) is 10.9 Å². The summed E-state index contributed by atoms with van der Waals surface area (Å²) in [6.07, 6.45) is 4.58. The van der Waals surface area contributed by atoms with E-state index in [9.17, 15) is 9.59 Å². The molecule has 1 amide bonds. The zero-order valence-corrected chi connectivity index (χ0v) is 16.6. The Hall–Kier alpha value is -2.38. The van der Waals surface area contributed by atoms with Crippen LogP contribution in [0.2, 0.25) is 0 Å². The number of likely N-dealkylation sites (tertiary alicyclic amines) is 1.